The maximum Gasteiger partial charge on any atom is 0.410 e. The molecule has 0 N–H and O–H groups in total. The van der Waals surface area contributed by atoms with E-state index in [-0.39, 0.29) is 12.5 Å². The van der Waals surface area contributed by atoms with E-state index in [1.54, 1.807) is 16.2 Å². The van der Waals surface area contributed by atoms with Gasteiger partial charge in [-0.05, 0) is 18.9 Å². The first-order valence-electron chi connectivity index (χ1n) is 6.74. The lowest BCUT2D eigenvalue weighted by atomic mass is 10.2. The van der Waals surface area contributed by atoms with Crippen molar-refractivity contribution in [2.75, 3.05) is 31.1 Å². The van der Waals surface area contributed by atoms with E-state index in [4.69, 9.17) is 4.74 Å². The number of piperazine rings is 1. The van der Waals surface area contributed by atoms with E-state index in [1.807, 2.05) is 32.2 Å². The first-order valence-corrected chi connectivity index (χ1v) is 7.62. The molecule has 2 heterocycles. The van der Waals surface area contributed by atoms with Crippen molar-refractivity contribution in [3.8, 4) is 0 Å². The Labute approximate surface area is 123 Å². The Bertz CT molecular complexity index is 498. The Hall–Kier alpha value is -1.56. The largest absolute Gasteiger partial charge is 0.449 e. The fourth-order valence-corrected chi connectivity index (χ4v) is 2.69. The van der Waals surface area contributed by atoms with Crippen LogP contribution in [0.5, 0.6) is 0 Å². The maximum absolute atomic E-state index is 12.1. The molecule has 1 aromatic heterocycles. The molecule has 0 aliphatic carbocycles. The van der Waals surface area contributed by atoms with E-state index in [1.165, 1.54) is 9.78 Å². The predicted octanol–water partition coefficient (Wildman–Crippen LogP) is 2.50. The number of aryl methyl sites for hydroxylation is 1. The highest BCUT2D eigenvalue weighted by atomic mass is 32.1. The molecule has 1 aromatic rings. The van der Waals surface area contributed by atoms with Gasteiger partial charge in [0.1, 0.15) is 6.54 Å². The molecule has 0 bridgehead atoms. The third-order valence-corrected chi connectivity index (χ3v) is 3.90. The molecule has 0 spiro atoms. The number of thiophene rings is 1. The fraction of sp³-hybridized carbons (Fsp3) is 0.571. The second-order valence-electron chi connectivity index (χ2n) is 5.35. The lowest BCUT2D eigenvalue weighted by Crippen LogP contribution is -2.52. The molecule has 0 radical (unpaired) electrons. The fourth-order valence-electron chi connectivity index (χ4n) is 2.00. The molecular formula is C14H20N2O3S. The van der Waals surface area contributed by atoms with E-state index in [0.717, 1.165) is 5.69 Å². The van der Waals surface area contributed by atoms with Crippen LogP contribution in [0.1, 0.15) is 18.7 Å². The van der Waals surface area contributed by atoms with Crippen LogP contribution < -0.4 is 4.90 Å². The van der Waals surface area contributed by atoms with Crippen LogP contribution in [0.2, 0.25) is 0 Å². The molecule has 1 aliphatic rings. The molecule has 0 atom stereocenters. The van der Waals surface area contributed by atoms with E-state index < -0.39 is 6.09 Å². The SMILES string of the molecule is Cc1cc(N2CCN(C(=O)OCC(C)C)CC2=O)cs1. The van der Waals surface area contributed by atoms with Crippen molar-refractivity contribution >= 4 is 29.0 Å². The monoisotopic (exact) mass is 296 g/mol. The molecule has 2 rings (SSSR count). The summed E-state index contributed by atoms with van der Waals surface area (Å²) in [7, 11) is 0. The van der Waals surface area contributed by atoms with Gasteiger partial charge >= 0.3 is 6.09 Å². The number of carbonyl (C=O) groups excluding carboxylic acids is 2. The number of nitrogens with zero attached hydrogens (tertiary/aromatic N) is 2. The number of carbonyl (C=O) groups is 2. The van der Waals surface area contributed by atoms with Crippen LogP contribution >= 0.6 is 11.3 Å². The van der Waals surface area contributed by atoms with Gasteiger partial charge in [0, 0.05) is 23.3 Å². The molecule has 6 heteroatoms. The van der Waals surface area contributed by atoms with Gasteiger partial charge in [-0.2, -0.15) is 0 Å². The van der Waals surface area contributed by atoms with Gasteiger partial charge in [0.25, 0.3) is 0 Å². The second-order valence-corrected chi connectivity index (χ2v) is 6.47. The maximum atomic E-state index is 12.1. The van der Waals surface area contributed by atoms with Gasteiger partial charge in [0.05, 0.1) is 12.3 Å². The number of hydrogen-bond acceptors (Lipinski definition) is 4. The minimum absolute atomic E-state index is 0.0597. The zero-order chi connectivity index (χ0) is 14.7. The Morgan fingerprint density at radius 1 is 1.45 bits per heavy atom. The normalized spacial score (nSPS) is 15.9. The highest BCUT2D eigenvalue weighted by Gasteiger charge is 2.29. The minimum Gasteiger partial charge on any atom is -0.449 e. The number of amides is 2. The molecule has 1 saturated heterocycles. The van der Waals surface area contributed by atoms with E-state index in [2.05, 4.69) is 0 Å². The number of rotatable bonds is 3. The van der Waals surface area contributed by atoms with Crippen molar-refractivity contribution in [1.82, 2.24) is 4.90 Å². The van der Waals surface area contributed by atoms with Crippen LogP contribution in [0.15, 0.2) is 11.4 Å². The summed E-state index contributed by atoms with van der Waals surface area (Å²) in [4.78, 5) is 28.3. The summed E-state index contributed by atoms with van der Waals surface area (Å²) >= 11 is 1.62. The van der Waals surface area contributed by atoms with E-state index in [0.29, 0.717) is 25.6 Å². The summed E-state index contributed by atoms with van der Waals surface area (Å²) < 4.78 is 5.15. The standard InChI is InChI=1S/C14H20N2O3S/c1-10(2)8-19-14(18)15-4-5-16(13(17)7-15)12-6-11(3)20-9-12/h6,9-10H,4-5,7-8H2,1-3H3. The van der Waals surface area contributed by atoms with Gasteiger partial charge in [0.2, 0.25) is 5.91 Å². The zero-order valence-corrected chi connectivity index (χ0v) is 12.9. The molecular weight excluding hydrogens is 276 g/mol. The van der Waals surface area contributed by atoms with Gasteiger partial charge in [-0.25, -0.2) is 4.79 Å². The summed E-state index contributed by atoms with van der Waals surface area (Å²) in [5.74, 6) is 0.236. The summed E-state index contributed by atoms with van der Waals surface area (Å²) in [6.07, 6.45) is -0.395. The van der Waals surface area contributed by atoms with Crippen molar-refractivity contribution < 1.29 is 14.3 Å². The lowest BCUT2D eigenvalue weighted by Gasteiger charge is -2.33. The van der Waals surface area contributed by atoms with Crippen LogP contribution in [0, 0.1) is 12.8 Å². The Balaban J connectivity index is 1.92. The number of anilines is 1. The summed E-state index contributed by atoms with van der Waals surface area (Å²) in [6.45, 7) is 7.48. The Kier molecular flexibility index (Phi) is 4.65. The third kappa shape index (κ3) is 3.50. The lowest BCUT2D eigenvalue weighted by molar-refractivity contribution is -0.120. The number of ether oxygens (including phenoxy) is 1. The Morgan fingerprint density at radius 2 is 2.20 bits per heavy atom. The van der Waals surface area contributed by atoms with Crippen LogP contribution in [-0.2, 0) is 9.53 Å². The molecule has 0 saturated carbocycles. The van der Waals surface area contributed by atoms with Crippen molar-refractivity contribution in [1.29, 1.82) is 0 Å². The van der Waals surface area contributed by atoms with Crippen LogP contribution in [-0.4, -0.2) is 43.1 Å². The zero-order valence-electron chi connectivity index (χ0n) is 12.1. The molecule has 20 heavy (non-hydrogen) atoms. The second kappa shape index (κ2) is 6.26. The van der Waals surface area contributed by atoms with Crippen LogP contribution in [0.25, 0.3) is 0 Å². The summed E-state index contributed by atoms with van der Waals surface area (Å²) in [6, 6.07) is 2.00. The average molecular weight is 296 g/mol. The number of hydrogen-bond donors (Lipinski definition) is 0. The van der Waals surface area contributed by atoms with Crippen molar-refractivity contribution in [2.24, 2.45) is 5.92 Å². The summed E-state index contributed by atoms with van der Waals surface area (Å²) in [5.41, 5.74) is 0.924. The highest BCUT2D eigenvalue weighted by molar-refractivity contribution is 7.10. The average Bonchev–Trinajstić information content (AvgIpc) is 2.82. The highest BCUT2D eigenvalue weighted by Crippen LogP contribution is 2.24. The Morgan fingerprint density at radius 3 is 2.75 bits per heavy atom. The molecule has 5 nitrogen and oxygen atoms in total. The van der Waals surface area contributed by atoms with Crippen molar-refractivity contribution in [3.63, 3.8) is 0 Å². The quantitative estimate of drug-likeness (QED) is 0.861. The third-order valence-electron chi connectivity index (χ3n) is 3.05. The van der Waals surface area contributed by atoms with Crippen LogP contribution in [0.4, 0.5) is 10.5 Å². The first-order chi connectivity index (χ1) is 9.47. The minimum atomic E-state index is -0.395. The van der Waals surface area contributed by atoms with Gasteiger partial charge in [-0.3, -0.25) is 9.69 Å². The van der Waals surface area contributed by atoms with Crippen molar-refractivity contribution in [3.05, 3.63) is 16.3 Å². The first kappa shape index (κ1) is 14.8. The molecule has 0 aromatic carbocycles. The topological polar surface area (TPSA) is 49.9 Å². The van der Waals surface area contributed by atoms with E-state index >= 15 is 0 Å². The molecule has 2 amide bonds. The van der Waals surface area contributed by atoms with Gasteiger partial charge in [0.15, 0.2) is 0 Å². The van der Waals surface area contributed by atoms with Gasteiger partial charge < -0.3 is 9.64 Å². The summed E-state index contributed by atoms with van der Waals surface area (Å²) in [5, 5.41) is 1.97. The van der Waals surface area contributed by atoms with Crippen LogP contribution in [0.3, 0.4) is 0 Å². The molecule has 0 unspecified atom stereocenters. The van der Waals surface area contributed by atoms with E-state index in [9.17, 15) is 9.59 Å². The molecule has 1 fully saturated rings. The van der Waals surface area contributed by atoms with Gasteiger partial charge in [-0.15, -0.1) is 11.3 Å². The van der Waals surface area contributed by atoms with Crippen molar-refractivity contribution in [2.45, 2.75) is 20.8 Å². The molecule has 1 aliphatic heterocycles. The smallest absolute Gasteiger partial charge is 0.410 e. The molecule has 110 valence electrons. The van der Waals surface area contributed by atoms with Gasteiger partial charge in [-0.1, -0.05) is 13.8 Å². The predicted molar refractivity (Wildman–Crippen MR) is 79.2 cm³/mol.